The summed E-state index contributed by atoms with van der Waals surface area (Å²) < 4.78 is 32.1. The van der Waals surface area contributed by atoms with Crippen molar-refractivity contribution in [1.29, 1.82) is 0 Å². The number of aryl methyl sites for hydroxylation is 1. The third-order valence-electron chi connectivity index (χ3n) is 7.00. The first-order valence-electron chi connectivity index (χ1n) is 13.1. The second-order valence-electron chi connectivity index (χ2n) is 9.64. The van der Waals surface area contributed by atoms with Gasteiger partial charge in [0.05, 0.1) is 29.0 Å². The number of carbonyl (C=O) groups excluding carboxylic acids is 1. The molecule has 1 aliphatic heterocycles. The SMILES string of the molecule is CCCCc1ccc(CS(=O)(=O)c2cccc(C(=O)N3CCN(c4ccccc4OC)CC3)c2)c(C(=O)O)c1. The lowest BCUT2D eigenvalue weighted by Crippen LogP contribution is -2.48. The molecule has 3 aromatic carbocycles. The molecule has 1 N–H and O–H groups in total. The number of nitrogens with zero attached hydrogens (tertiary/aromatic N) is 2. The number of ether oxygens (including phenoxy) is 1. The molecule has 1 aliphatic rings. The third-order valence-corrected chi connectivity index (χ3v) is 8.67. The highest BCUT2D eigenvalue weighted by molar-refractivity contribution is 7.90. The highest BCUT2D eigenvalue weighted by atomic mass is 32.2. The Kier molecular flexibility index (Phi) is 8.91. The number of unbranched alkanes of at least 4 members (excludes halogenated alkanes) is 1. The molecule has 1 heterocycles. The minimum Gasteiger partial charge on any atom is -0.495 e. The predicted molar refractivity (Wildman–Crippen MR) is 150 cm³/mol. The van der Waals surface area contributed by atoms with E-state index in [0.717, 1.165) is 36.3 Å². The molecule has 9 heteroatoms. The molecule has 0 aliphatic carbocycles. The van der Waals surface area contributed by atoms with Crippen molar-refractivity contribution in [2.24, 2.45) is 0 Å². The van der Waals surface area contributed by atoms with E-state index in [1.165, 1.54) is 12.1 Å². The van der Waals surface area contributed by atoms with Crippen molar-refractivity contribution in [2.75, 3.05) is 38.2 Å². The zero-order valence-electron chi connectivity index (χ0n) is 22.3. The van der Waals surface area contributed by atoms with Gasteiger partial charge in [0, 0.05) is 31.7 Å². The molecule has 1 fully saturated rings. The van der Waals surface area contributed by atoms with Gasteiger partial charge in [0.25, 0.3) is 5.91 Å². The van der Waals surface area contributed by atoms with Gasteiger partial charge in [0.2, 0.25) is 0 Å². The van der Waals surface area contributed by atoms with Crippen LogP contribution in [0, 0.1) is 0 Å². The number of methoxy groups -OCH3 is 1. The van der Waals surface area contributed by atoms with Crippen LogP contribution >= 0.6 is 0 Å². The van der Waals surface area contributed by atoms with E-state index >= 15 is 0 Å². The van der Waals surface area contributed by atoms with Crippen LogP contribution in [0.1, 0.15) is 51.6 Å². The zero-order valence-corrected chi connectivity index (χ0v) is 23.1. The Hall–Kier alpha value is -3.85. The Morgan fingerprint density at radius 2 is 1.69 bits per heavy atom. The number of carboxylic acids is 1. The van der Waals surface area contributed by atoms with Crippen LogP contribution in [0.15, 0.2) is 71.6 Å². The first kappa shape index (κ1) is 28.2. The molecule has 0 atom stereocenters. The van der Waals surface area contributed by atoms with Crippen molar-refractivity contribution in [3.63, 3.8) is 0 Å². The third kappa shape index (κ3) is 6.60. The van der Waals surface area contributed by atoms with Gasteiger partial charge in [-0.15, -0.1) is 0 Å². The fourth-order valence-corrected chi connectivity index (χ4v) is 6.24. The van der Waals surface area contributed by atoms with Crippen LogP contribution in [0.2, 0.25) is 0 Å². The van der Waals surface area contributed by atoms with Gasteiger partial charge in [-0.05, 0) is 60.4 Å². The van der Waals surface area contributed by atoms with Gasteiger partial charge in [-0.2, -0.15) is 0 Å². The van der Waals surface area contributed by atoms with Gasteiger partial charge in [-0.25, -0.2) is 13.2 Å². The molecule has 206 valence electrons. The summed E-state index contributed by atoms with van der Waals surface area (Å²) in [5.74, 6) is -1.08. The Morgan fingerprint density at radius 3 is 2.38 bits per heavy atom. The highest BCUT2D eigenvalue weighted by Crippen LogP contribution is 2.29. The summed E-state index contributed by atoms with van der Waals surface area (Å²) in [7, 11) is -2.26. The second kappa shape index (κ2) is 12.3. The maximum Gasteiger partial charge on any atom is 0.336 e. The lowest BCUT2D eigenvalue weighted by Gasteiger charge is -2.36. The average Bonchev–Trinajstić information content (AvgIpc) is 2.96. The summed E-state index contributed by atoms with van der Waals surface area (Å²) >= 11 is 0. The molecule has 4 rings (SSSR count). The molecule has 0 radical (unpaired) electrons. The van der Waals surface area contributed by atoms with Crippen LogP contribution in [-0.4, -0.2) is 63.6 Å². The van der Waals surface area contributed by atoms with Crippen molar-refractivity contribution in [3.05, 3.63) is 89.0 Å². The summed E-state index contributed by atoms with van der Waals surface area (Å²) in [6, 6.07) is 18.7. The van der Waals surface area contributed by atoms with Gasteiger partial charge in [0.1, 0.15) is 5.75 Å². The fourth-order valence-electron chi connectivity index (χ4n) is 4.82. The molecule has 8 nitrogen and oxygen atoms in total. The van der Waals surface area contributed by atoms with Crippen LogP contribution in [0.4, 0.5) is 5.69 Å². The molecule has 0 saturated carbocycles. The number of amides is 1. The van der Waals surface area contributed by atoms with Crippen LogP contribution in [-0.2, 0) is 22.0 Å². The maximum atomic E-state index is 13.3. The Bertz CT molecular complexity index is 1450. The Labute approximate surface area is 229 Å². The monoisotopic (exact) mass is 550 g/mol. The number of hydrogen-bond donors (Lipinski definition) is 1. The lowest BCUT2D eigenvalue weighted by atomic mass is 10.0. The number of rotatable bonds is 10. The minimum absolute atomic E-state index is 0.00703. The number of sulfone groups is 1. The molecule has 1 saturated heterocycles. The van der Waals surface area contributed by atoms with Crippen molar-refractivity contribution in [2.45, 2.75) is 36.8 Å². The number of carboxylic acid groups (broad SMARTS) is 1. The molecule has 0 spiro atoms. The van der Waals surface area contributed by atoms with Crippen LogP contribution < -0.4 is 9.64 Å². The Morgan fingerprint density at radius 1 is 0.949 bits per heavy atom. The minimum atomic E-state index is -3.89. The van der Waals surface area contributed by atoms with Crippen molar-refractivity contribution < 1.29 is 27.9 Å². The number of piperazine rings is 1. The molecular weight excluding hydrogens is 516 g/mol. The summed E-state index contributed by atoms with van der Waals surface area (Å²) in [6.45, 7) is 4.27. The number of para-hydroxylation sites is 2. The number of benzene rings is 3. The predicted octanol–water partition coefficient (Wildman–Crippen LogP) is 4.67. The van der Waals surface area contributed by atoms with E-state index < -0.39 is 21.6 Å². The van der Waals surface area contributed by atoms with E-state index in [1.54, 1.807) is 42.3 Å². The number of hydrogen-bond acceptors (Lipinski definition) is 6. The van der Waals surface area contributed by atoms with E-state index in [0.29, 0.717) is 26.2 Å². The van der Waals surface area contributed by atoms with Gasteiger partial charge >= 0.3 is 5.97 Å². The van der Waals surface area contributed by atoms with Crippen LogP contribution in [0.5, 0.6) is 5.75 Å². The molecule has 1 amide bonds. The smallest absolute Gasteiger partial charge is 0.336 e. The quantitative estimate of drug-likeness (QED) is 0.391. The molecule has 0 aromatic heterocycles. The zero-order chi connectivity index (χ0) is 28.0. The molecule has 39 heavy (non-hydrogen) atoms. The summed E-state index contributed by atoms with van der Waals surface area (Å²) in [5.41, 5.74) is 2.35. The van der Waals surface area contributed by atoms with E-state index in [9.17, 15) is 23.1 Å². The molecule has 0 bridgehead atoms. The van der Waals surface area contributed by atoms with Crippen molar-refractivity contribution >= 4 is 27.4 Å². The first-order chi connectivity index (χ1) is 18.7. The number of aromatic carboxylic acids is 1. The maximum absolute atomic E-state index is 13.3. The van der Waals surface area contributed by atoms with E-state index in [1.807, 2.05) is 24.3 Å². The van der Waals surface area contributed by atoms with E-state index in [-0.39, 0.29) is 27.5 Å². The number of anilines is 1. The summed E-state index contributed by atoms with van der Waals surface area (Å²) in [6.07, 6.45) is 2.64. The topological polar surface area (TPSA) is 104 Å². The largest absolute Gasteiger partial charge is 0.495 e. The van der Waals surface area contributed by atoms with Crippen molar-refractivity contribution in [1.82, 2.24) is 4.90 Å². The van der Waals surface area contributed by atoms with E-state index in [2.05, 4.69) is 11.8 Å². The van der Waals surface area contributed by atoms with Gasteiger partial charge in [-0.1, -0.05) is 43.7 Å². The summed E-state index contributed by atoms with van der Waals surface area (Å²) in [4.78, 5) is 29.0. The Balaban J connectivity index is 1.48. The molecule has 3 aromatic rings. The van der Waals surface area contributed by atoms with E-state index in [4.69, 9.17) is 4.74 Å². The highest BCUT2D eigenvalue weighted by Gasteiger charge is 2.26. The van der Waals surface area contributed by atoms with Crippen LogP contribution in [0.3, 0.4) is 0 Å². The van der Waals surface area contributed by atoms with Gasteiger partial charge < -0.3 is 19.6 Å². The molecular formula is C30H34N2O6S. The molecule has 0 unspecified atom stereocenters. The van der Waals surface area contributed by atoms with Crippen molar-refractivity contribution in [3.8, 4) is 5.75 Å². The number of carbonyl (C=O) groups is 2. The average molecular weight is 551 g/mol. The summed E-state index contributed by atoms with van der Waals surface area (Å²) in [5, 5.41) is 9.71. The standard InChI is InChI=1S/C30H34N2O6S/c1-3-4-8-22-13-14-24(26(19-22)30(34)35)21-39(36,37)25-10-7-9-23(20-25)29(33)32-17-15-31(16-18-32)27-11-5-6-12-28(27)38-2/h5-7,9-14,19-20H,3-4,8,15-18,21H2,1-2H3,(H,34,35). The van der Waals surface area contributed by atoms with Gasteiger partial charge in [-0.3, -0.25) is 4.79 Å². The fraction of sp³-hybridized carbons (Fsp3) is 0.333. The van der Waals surface area contributed by atoms with Gasteiger partial charge in [0.15, 0.2) is 9.84 Å². The normalized spacial score (nSPS) is 13.8. The second-order valence-corrected chi connectivity index (χ2v) is 11.6. The van der Waals surface area contributed by atoms with Crippen LogP contribution in [0.25, 0.3) is 0 Å². The lowest BCUT2D eigenvalue weighted by molar-refractivity contribution is 0.0694. The first-order valence-corrected chi connectivity index (χ1v) is 14.7.